The summed E-state index contributed by atoms with van der Waals surface area (Å²) in [7, 11) is 0. The third kappa shape index (κ3) is 3.68. The fourth-order valence-corrected chi connectivity index (χ4v) is 3.75. The van der Waals surface area contributed by atoms with Crippen LogP contribution in [0.5, 0.6) is 0 Å². The van der Waals surface area contributed by atoms with Gasteiger partial charge in [0.2, 0.25) is 0 Å². The number of carboxylic acid groups (broad SMARTS) is 1. The molecule has 2 unspecified atom stereocenters. The van der Waals surface area contributed by atoms with Gasteiger partial charge in [0.1, 0.15) is 5.92 Å². The quantitative estimate of drug-likeness (QED) is 0.853. The highest BCUT2D eigenvalue weighted by atomic mass is 16.4. The number of aliphatic hydroxyl groups excluding tert-OH is 1. The zero-order valence-corrected chi connectivity index (χ0v) is 13.8. The molecule has 1 aliphatic carbocycles. The summed E-state index contributed by atoms with van der Waals surface area (Å²) in [6.07, 6.45) is 4.39. The van der Waals surface area contributed by atoms with Crippen molar-refractivity contribution >= 4 is 5.97 Å². The van der Waals surface area contributed by atoms with Crippen LogP contribution in [-0.2, 0) is 4.79 Å². The summed E-state index contributed by atoms with van der Waals surface area (Å²) >= 11 is 0. The maximum Gasteiger partial charge on any atom is 0.313 e. The SMILES string of the molecule is O=C(O)C(c1ccc(-c2ccccc2)cc1)C(O)C1CCCCC1. The molecule has 3 nitrogen and oxygen atoms in total. The molecular formula is C21H24O3. The summed E-state index contributed by atoms with van der Waals surface area (Å²) in [5.41, 5.74) is 2.83. The summed E-state index contributed by atoms with van der Waals surface area (Å²) in [4.78, 5) is 11.8. The standard InChI is InChI=1S/C21H24O3/c22-20(18-9-5-2-6-10-18)19(21(23)24)17-13-11-16(12-14-17)15-7-3-1-4-8-15/h1,3-4,7-8,11-14,18-20,22H,2,5-6,9-10H2,(H,23,24). The van der Waals surface area contributed by atoms with E-state index in [0.29, 0.717) is 5.56 Å². The first-order chi connectivity index (χ1) is 11.7. The summed E-state index contributed by atoms with van der Waals surface area (Å²) < 4.78 is 0. The molecule has 2 aromatic carbocycles. The largest absolute Gasteiger partial charge is 0.481 e. The molecule has 0 amide bonds. The Morgan fingerprint density at radius 1 is 0.875 bits per heavy atom. The molecule has 2 aromatic rings. The minimum atomic E-state index is -0.944. The molecule has 3 rings (SSSR count). The van der Waals surface area contributed by atoms with Crippen LogP contribution in [0.15, 0.2) is 54.6 Å². The van der Waals surface area contributed by atoms with Gasteiger partial charge >= 0.3 is 5.97 Å². The summed E-state index contributed by atoms with van der Waals surface area (Å²) in [5.74, 6) is -1.70. The van der Waals surface area contributed by atoms with Crippen molar-refractivity contribution in [2.45, 2.75) is 44.1 Å². The van der Waals surface area contributed by atoms with E-state index in [-0.39, 0.29) is 5.92 Å². The maximum absolute atomic E-state index is 11.8. The predicted octanol–water partition coefficient (Wildman–Crippen LogP) is 4.46. The summed E-state index contributed by atoms with van der Waals surface area (Å²) in [5, 5.41) is 20.3. The third-order valence-electron chi connectivity index (χ3n) is 5.12. The van der Waals surface area contributed by atoms with Crippen LogP contribution in [0.25, 0.3) is 11.1 Å². The smallest absolute Gasteiger partial charge is 0.313 e. The van der Waals surface area contributed by atoms with Crippen molar-refractivity contribution in [2.75, 3.05) is 0 Å². The van der Waals surface area contributed by atoms with Crippen molar-refractivity contribution in [2.24, 2.45) is 5.92 Å². The summed E-state index contributed by atoms with van der Waals surface area (Å²) in [6.45, 7) is 0. The highest BCUT2D eigenvalue weighted by molar-refractivity contribution is 5.77. The Hall–Kier alpha value is -2.13. The highest BCUT2D eigenvalue weighted by Gasteiger charge is 2.34. The Kier molecular flexibility index (Phi) is 5.31. The number of hydrogen-bond donors (Lipinski definition) is 2. The van der Waals surface area contributed by atoms with Crippen molar-refractivity contribution in [1.29, 1.82) is 0 Å². The lowest BCUT2D eigenvalue weighted by molar-refractivity contribution is -0.143. The molecule has 0 radical (unpaired) electrons. The first-order valence-corrected chi connectivity index (χ1v) is 8.73. The van der Waals surface area contributed by atoms with Crippen molar-refractivity contribution in [3.05, 3.63) is 60.2 Å². The van der Waals surface area contributed by atoms with Gasteiger partial charge in [0.05, 0.1) is 6.10 Å². The van der Waals surface area contributed by atoms with E-state index >= 15 is 0 Å². The van der Waals surface area contributed by atoms with Gasteiger partial charge in [-0.3, -0.25) is 4.79 Å². The van der Waals surface area contributed by atoms with Crippen LogP contribution in [-0.4, -0.2) is 22.3 Å². The second kappa shape index (κ2) is 7.63. The Morgan fingerprint density at radius 2 is 1.46 bits per heavy atom. The Bertz CT molecular complexity index is 657. The van der Waals surface area contributed by atoms with Gasteiger partial charge in [-0.25, -0.2) is 0 Å². The fourth-order valence-electron chi connectivity index (χ4n) is 3.75. The van der Waals surface area contributed by atoms with Gasteiger partial charge < -0.3 is 10.2 Å². The molecule has 2 N–H and O–H groups in total. The van der Waals surface area contributed by atoms with Crippen LogP contribution in [0.2, 0.25) is 0 Å². The Balaban J connectivity index is 1.82. The minimum absolute atomic E-state index is 0.0913. The molecule has 1 aliphatic rings. The number of rotatable bonds is 5. The molecule has 1 fully saturated rings. The average molecular weight is 324 g/mol. The van der Waals surface area contributed by atoms with E-state index in [1.807, 2.05) is 54.6 Å². The highest BCUT2D eigenvalue weighted by Crippen LogP contribution is 2.34. The molecule has 126 valence electrons. The van der Waals surface area contributed by atoms with Gasteiger partial charge in [-0.1, -0.05) is 73.9 Å². The zero-order valence-electron chi connectivity index (χ0n) is 13.8. The number of aliphatic carboxylic acids is 1. The van der Waals surface area contributed by atoms with Crippen molar-refractivity contribution in [3.8, 4) is 11.1 Å². The van der Waals surface area contributed by atoms with Crippen LogP contribution >= 0.6 is 0 Å². The van der Waals surface area contributed by atoms with E-state index in [2.05, 4.69) is 0 Å². The first-order valence-electron chi connectivity index (χ1n) is 8.73. The van der Waals surface area contributed by atoms with Gasteiger partial charge in [0.15, 0.2) is 0 Å². The molecule has 0 aliphatic heterocycles. The van der Waals surface area contributed by atoms with Crippen molar-refractivity contribution in [3.63, 3.8) is 0 Å². The first kappa shape index (κ1) is 16.7. The lowest BCUT2D eigenvalue weighted by atomic mass is 9.78. The fraction of sp³-hybridized carbons (Fsp3) is 0.381. The van der Waals surface area contributed by atoms with E-state index in [9.17, 15) is 15.0 Å². The van der Waals surface area contributed by atoms with Gasteiger partial charge in [-0.05, 0) is 35.4 Å². The molecule has 3 heteroatoms. The lowest BCUT2D eigenvalue weighted by Crippen LogP contribution is -2.33. The minimum Gasteiger partial charge on any atom is -0.481 e. The molecule has 0 aromatic heterocycles. The van der Waals surface area contributed by atoms with Gasteiger partial charge in [0.25, 0.3) is 0 Å². The van der Waals surface area contributed by atoms with Crippen molar-refractivity contribution < 1.29 is 15.0 Å². The van der Waals surface area contributed by atoms with Crippen LogP contribution in [0.3, 0.4) is 0 Å². The molecule has 24 heavy (non-hydrogen) atoms. The number of aliphatic hydroxyl groups is 1. The lowest BCUT2D eigenvalue weighted by Gasteiger charge is -2.30. The van der Waals surface area contributed by atoms with Crippen LogP contribution in [0.1, 0.15) is 43.6 Å². The Labute approximate surface area is 143 Å². The normalized spacial score (nSPS) is 18.0. The summed E-state index contributed by atoms with van der Waals surface area (Å²) in [6, 6.07) is 17.6. The number of hydrogen-bond acceptors (Lipinski definition) is 2. The molecule has 0 heterocycles. The molecule has 2 atom stereocenters. The number of carboxylic acids is 1. The van der Waals surface area contributed by atoms with Gasteiger partial charge in [-0.15, -0.1) is 0 Å². The van der Waals surface area contributed by atoms with E-state index in [0.717, 1.165) is 36.8 Å². The second-order valence-electron chi connectivity index (χ2n) is 6.69. The van der Waals surface area contributed by atoms with Crippen LogP contribution < -0.4 is 0 Å². The Morgan fingerprint density at radius 3 is 2.04 bits per heavy atom. The predicted molar refractivity (Wildman–Crippen MR) is 94.8 cm³/mol. The van der Waals surface area contributed by atoms with Crippen LogP contribution in [0, 0.1) is 5.92 Å². The molecular weight excluding hydrogens is 300 g/mol. The van der Waals surface area contributed by atoms with E-state index in [4.69, 9.17) is 0 Å². The maximum atomic E-state index is 11.8. The van der Waals surface area contributed by atoms with Crippen molar-refractivity contribution in [1.82, 2.24) is 0 Å². The van der Waals surface area contributed by atoms with Gasteiger partial charge in [-0.2, -0.15) is 0 Å². The van der Waals surface area contributed by atoms with Gasteiger partial charge in [0, 0.05) is 0 Å². The van der Waals surface area contributed by atoms with E-state index in [1.54, 1.807) is 0 Å². The van der Waals surface area contributed by atoms with Crippen LogP contribution in [0.4, 0.5) is 0 Å². The molecule has 1 saturated carbocycles. The number of benzene rings is 2. The molecule has 0 bridgehead atoms. The molecule has 0 saturated heterocycles. The monoisotopic (exact) mass is 324 g/mol. The zero-order chi connectivity index (χ0) is 16.9. The topological polar surface area (TPSA) is 57.5 Å². The van der Waals surface area contributed by atoms with E-state index < -0.39 is 18.0 Å². The second-order valence-corrected chi connectivity index (χ2v) is 6.69. The van der Waals surface area contributed by atoms with E-state index in [1.165, 1.54) is 6.42 Å². The average Bonchev–Trinajstić information content (AvgIpc) is 2.63. The molecule has 0 spiro atoms. The third-order valence-corrected chi connectivity index (χ3v) is 5.12. The number of carbonyl (C=O) groups is 1.